The van der Waals surface area contributed by atoms with Crippen molar-refractivity contribution in [2.45, 2.75) is 44.4 Å². The fourth-order valence-electron chi connectivity index (χ4n) is 3.76. The summed E-state index contributed by atoms with van der Waals surface area (Å²) in [5, 5.41) is 3.47. The van der Waals surface area contributed by atoms with Crippen molar-refractivity contribution in [3.63, 3.8) is 0 Å². The first kappa shape index (κ1) is 23.1. The number of carbonyl (C=O) groups is 1. The van der Waals surface area contributed by atoms with Gasteiger partial charge in [-0.15, -0.1) is 0 Å². The summed E-state index contributed by atoms with van der Waals surface area (Å²) >= 11 is 12.1. The summed E-state index contributed by atoms with van der Waals surface area (Å²) in [5.41, 5.74) is 2.87. The van der Waals surface area contributed by atoms with Crippen LogP contribution in [0.4, 0.5) is 5.69 Å². The largest absolute Gasteiger partial charge is 0.325 e. The molecule has 2 aromatic rings. The zero-order valence-electron chi connectivity index (χ0n) is 17.3. The molecule has 1 heterocycles. The first-order valence-corrected chi connectivity index (χ1v) is 12.2. The molecule has 2 aromatic carbocycles. The molecule has 1 atom stereocenters. The molecule has 0 aliphatic carbocycles. The highest BCUT2D eigenvalue weighted by atomic mass is 35.5. The highest BCUT2D eigenvalue weighted by Gasteiger charge is 2.34. The molecule has 1 aliphatic rings. The van der Waals surface area contributed by atoms with Crippen LogP contribution in [0.2, 0.25) is 10.0 Å². The molecule has 1 aliphatic heterocycles. The number of piperidine rings is 1. The van der Waals surface area contributed by atoms with Crippen molar-refractivity contribution in [2.24, 2.45) is 5.92 Å². The molecule has 162 valence electrons. The molecule has 1 fully saturated rings. The van der Waals surface area contributed by atoms with Gasteiger partial charge in [-0.1, -0.05) is 55.2 Å². The van der Waals surface area contributed by atoms with Crippen LogP contribution in [0.25, 0.3) is 0 Å². The first-order valence-electron chi connectivity index (χ1n) is 9.97. The predicted octanol–water partition coefficient (Wildman–Crippen LogP) is 5.46. The maximum absolute atomic E-state index is 13.1. The third-order valence-corrected chi connectivity index (χ3v) is 8.02. The molecule has 5 nitrogen and oxygen atoms in total. The standard InChI is InChI=1S/C22H26Cl2N2O3S/c1-14(2)18-8-4-6-15(3)21(18)25-22(27)16-7-5-11-26(13-16)30(28,29)20-12-17(23)9-10-19(20)24/h4,6,8-10,12,14,16H,5,7,11,13H2,1-3H3,(H,25,27)/t16-/m0/s1. The summed E-state index contributed by atoms with van der Waals surface area (Å²) in [5.74, 6) is -0.345. The highest BCUT2D eigenvalue weighted by Crippen LogP contribution is 2.32. The van der Waals surface area contributed by atoms with Crippen LogP contribution in [0.1, 0.15) is 43.7 Å². The maximum Gasteiger partial charge on any atom is 0.244 e. The van der Waals surface area contributed by atoms with Crippen LogP contribution in [0.3, 0.4) is 0 Å². The topological polar surface area (TPSA) is 66.5 Å². The van der Waals surface area contributed by atoms with Crippen LogP contribution >= 0.6 is 23.2 Å². The molecule has 0 bridgehead atoms. The van der Waals surface area contributed by atoms with Crippen LogP contribution in [0.5, 0.6) is 0 Å². The van der Waals surface area contributed by atoms with Gasteiger partial charge in [-0.05, 0) is 55.0 Å². The van der Waals surface area contributed by atoms with Gasteiger partial charge in [-0.2, -0.15) is 4.31 Å². The Morgan fingerprint density at radius 3 is 2.63 bits per heavy atom. The Morgan fingerprint density at radius 1 is 1.20 bits per heavy atom. The normalized spacial score (nSPS) is 17.9. The minimum absolute atomic E-state index is 0.0290. The van der Waals surface area contributed by atoms with E-state index in [0.29, 0.717) is 24.4 Å². The van der Waals surface area contributed by atoms with E-state index in [-0.39, 0.29) is 28.3 Å². The average molecular weight is 469 g/mol. The van der Waals surface area contributed by atoms with Gasteiger partial charge in [0.2, 0.25) is 15.9 Å². The number of halogens is 2. The number of rotatable bonds is 5. The summed E-state index contributed by atoms with van der Waals surface area (Å²) in [7, 11) is -3.85. The molecule has 0 spiro atoms. The van der Waals surface area contributed by atoms with Crippen molar-refractivity contribution in [1.29, 1.82) is 0 Å². The molecule has 1 N–H and O–H groups in total. The number of nitrogens with zero attached hydrogens (tertiary/aromatic N) is 1. The smallest absolute Gasteiger partial charge is 0.244 e. The third kappa shape index (κ3) is 4.83. The van der Waals surface area contributed by atoms with E-state index in [0.717, 1.165) is 16.8 Å². The number of nitrogens with one attached hydrogen (secondary N) is 1. The minimum atomic E-state index is -3.85. The first-order chi connectivity index (χ1) is 14.1. The molecule has 30 heavy (non-hydrogen) atoms. The zero-order chi connectivity index (χ0) is 22.1. The zero-order valence-corrected chi connectivity index (χ0v) is 19.6. The summed E-state index contributed by atoms with van der Waals surface area (Å²) in [6.45, 7) is 6.57. The van der Waals surface area contributed by atoms with Crippen molar-refractivity contribution in [3.8, 4) is 0 Å². The summed E-state index contributed by atoms with van der Waals surface area (Å²) < 4.78 is 27.6. The lowest BCUT2D eigenvalue weighted by Gasteiger charge is -2.31. The van der Waals surface area contributed by atoms with Gasteiger partial charge in [0.15, 0.2) is 0 Å². The van der Waals surface area contributed by atoms with Crippen molar-refractivity contribution in [2.75, 3.05) is 18.4 Å². The fraction of sp³-hybridized carbons (Fsp3) is 0.409. The predicted molar refractivity (Wildman–Crippen MR) is 122 cm³/mol. The summed E-state index contributed by atoms with van der Waals surface area (Å²) in [6, 6.07) is 10.3. The van der Waals surface area contributed by atoms with Gasteiger partial charge in [0.1, 0.15) is 4.90 Å². The number of amides is 1. The Morgan fingerprint density at radius 2 is 1.93 bits per heavy atom. The lowest BCUT2D eigenvalue weighted by Crippen LogP contribution is -2.43. The number of benzene rings is 2. The van der Waals surface area contributed by atoms with Gasteiger partial charge in [0.25, 0.3) is 0 Å². The van der Waals surface area contributed by atoms with Crippen LogP contribution in [-0.4, -0.2) is 31.7 Å². The Labute approximate surface area is 188 Å². The number of aryl methyl sites for hydroxylation is 1. The second-order valence-corrected chi connectivity index (χ2v) is 10.7. The van der Waals surface area contributed by atoms with Gasteiger partial charge in [-0.25, -0.2) is 8.42 Å². The highest BCUT2D eigenvalue weighted by molar-refractivity contribution is 7.89. The minimum Gasteiger partial charge on any atom is -0.325 e. The number of hydrogen-bond acceptors (Lipinski definition) is 3. The van der Waals surface area contributed by atoms with E-state index in [2.05, 4.69) is 19.2 Å². The van der Waals surface area contributed by atoms with Crippen molar-refractivity contribution in [3.05, 3.63) is 57.6 Å². The van der Waals surface area contributed by atoms with E-state index < -0.39 is 15.9 Å². The van der Waals surface area contributed by atoms with E-state index >= 15 is 0 Å². The molecule has 1 saturated heterocycles. The fourth-order valence-corrected chi connectivity index (χ4v) is 6.02. The van der Waals surface area contributed by atoms with Crippen LogP contribution in [0.15, 0.2) is 41.3 Å². The Kier molecular flexibility index (Phi) is 7.13. The molecule has 0 unspecified atom stereocenters. The van der Waals surface area contributed by atoms with E-state index in [9.17, 15) is 13.2 Å². The average Bonchev–Trinajstić information content (AvgIpc) is 2.71. The van der Waals surface area contributed by atoms with E-state index in [4.69, 9.17) is 23.2 Å². The molecule has 1 amide bonds. The Bertz CT molecular complexity index is 1050. The Balaban J connectivity index is 1.82. The maximum atomic E-state index is 13.1. The molecule has 0 radical (unpaired) electrons. The number of sulfonamides is 1. The lowest BCUT2D eigenvalue weighted by atomic mass is 9.95. The van der Waals surface area contributed by atoms with Crippen LogP contribution in [-0.2, 0) is 14.8 Å². The van der Waals surface area contributed by atoms with Crippen molar-refractivity contribution in [1.82, 2.24) is 4.31 Å². The number of hydrogen-bond donors (Lipinski definition) is 1. The van der Waals surface area contributed by atoms with E-state index in [1.165, 1.54) is 16.4 Å². The molecule has 0 aromatic heterocycles. The third-order valence-electron chi connectivity index (χ3n) is 5.44. The van der Waals surface area contributed by atoms with Crippen LogP contribution in [0, 0.1) is 12.8 Å². The molecular weight excluding hydrogens is 443 g/mol. The van der Waals surface area contributed by atoms with Gasteiger partial charge < -0.3 is 5.32 Å². The SMILES string of the molecule is Cc1cccc(C(C)C)c1NC(=O)[C@H]1CCCN(S(=O)(=O)c2cc(Cl)ccc2Cl)C1. The number of carbonyl (C=O) groups excluding carboxylic acids is 1. The van der Waals surface area contributed by atoms with Crippen molar-refractivity contribution < 1.29 is 13.2 Å². The van der Waals surface area contributed by atoms with E-state index in [1.807, 2.05) is 25.1 Å². The van der Waals surface area contributed by atoms with Crippen molar-refractivity contribution >= 4 is 44.8 Å². The van der Waals surface area contributed by atoms with Gasteiger partial charge in [0, 0.05) is 23.8 Å². The van der Waals surface area contributed by atoms with Gasteiger partial charge >= 0.3 is 0 Å². The lowest BCUT2D eigenvalue weighted by molar-refractivity contribution is -0.120. The molecule has 3 rings (SSSR count). The van der Waals surface area contributed by atoms with Gasteiger partial charge in [0.05, 0.1) is 10.9 Å². The Hall–Kier alpha value is -1.60. The molecular formula is C22H26Cl2N2O3S. The van der Waals surface area contributed by atoms with Gasteiger partial charge in [-0.3, -0.25) is 4.79 Å². The molecule has 8 heteroatoms. The number of anilines is 1. The second-order valence-electron chi connectivity index (χ2n) is 7.96. The van der Waals surface area contributed by atoms with Crippen LogP contribution < -0.4 is 5.32 Å². The second kappa shape index (κ2) is 9.27. The monoisotopic (exact) mass is 468 g/mol. The summed E-state index contributed by atoms with van der Waals surface area (Å²) in [6.07, 6.45) is 1.23. The molecule has 0 saturated carbocycles. The quantitative estimate of drug-likeness (QED) is 0.632. The number of para-hydroxylation sites is 1. The van der Waals surface area contributed by atoms with E-state index in [1.54, 1.807) is 6.07 Å². The summed E-state index contributed by atoms with van der Waals surface area (Å²) in [4.78, 5) is 13.0.